The molecular weight excluding hydrogens is 498 g/mol. The van der Waals surface area contributed by atoms with Crippen LogP contribution in [-0.4, -0.2) is 49.6 Å². The molecule has 5 rings (SSSR count). The monoisotopic (exact) mass is 529 g/mol. The van der Waals surface area contributed by atoms with Crippen LogP contribution in [0.5, 0.6) is 5.75 Å². The summed E-state index contributed by atoms with van der Waals surface area (Å²) in [6.07, 6.45) is 3.76. The highest BCUT2D eigenvalue weighted by Gasteiger charge is 2.48. The van der Waals surface area contributed by atoms with Crippen molar-refractivity contribution in [3.05, 3.63) is 59.2 Å². The largest absolute Gasteiger partial charge is 0.494 e. The lowest BCUT2D eigenvalue weighted by atomic mass is 9.99. The van der Waals surface area contributed by atoms with Crippen molar-refractivity contribution in [1.29, 1.82) is 0 Å². The van der Waals surface area contributed by atoms with Crippen LogP contribution < -0.4 is 10.1 Å². The lowest BCUT2D eigenvalue weighted by molar-refractivity contribution is -0.0908. The lowest BCUT2D eigenvalue weighted by Crippen LogP contribution is -2.53. The average Bonchev–Trinajstić information content (AvgIpc) is 3.71. The Morgan fingerprint density at radius 1 is 1.28 bits per heavy atom. The molecule has 2 fully saturated rings. The summed E-state index contributed by atoms with van der Waals surface area (Å²) in [7, 11) is -3.89. The molecule has 1 aliphatic heterocycles. The van der Waals surface area contributed by atoms with Crippen LogP contribution in [0, 0.1) is 5.92 Å². The van der Waals surface area contributed by atoms with Crippen LogP contribution in [0.15, 0.2) is 53.6 Å². The fraction of sp³-hybridized carbons (Fsp3) is 0.444. The number of ether oxygens (including phenoxy) is 2. The van der Waals surface area contributed by atoms with Gasteiger partial charge in [0.05, 0.1) is 29.4 Å². The summed E-state index contributed by atoms with van der Waals surface area (Å²) >= 11 is 6.54. The molecule has 3 aromatic rings. The van der Waals surface area contributed by atoms with E-state index in [0.29, 0.717) is 43.1 Å². The van der Waals surface area contributed by atoms with Crippen LogP contribution >= 0.6 is 11.6 Å². The zero-order valence-electron chi connectivity index (χ0n) is 20.8. The van der Waals surface area contributed by atoms with Crippen LogP contribution in [0.3, 0.4) is 0 Å². The van der Waals surface area contributed by atoms with Crippen LogP contribution in [0.1, 0.15) is 45.2 Å². The number of morpholine rings is 1. The molecule has 1 aliphatic carbocycles. The molecular formula is C27H32ClN3O4S. The summed E-state index contributed by atoms with van der Waals surface area (Å²) in [6.45, 7) is 7.60. The van der Waals surface area contributed by atoms with Crippen molar-refractivity contribution in [1.82, 2.24) is 9.29 Å². The van der Waals surface area contributed by atoms with Gasteiger partial charge >= 0.3 is 0 Å². The second kappa shape index (κ2) is 9.82. The fourth-order valence-electron chi connectivity index (χ4n) is 5.03. The molecule has 1 N–H and O–H groups in total. The summed E-state index contributed by atoms with van der Waals surface area (Å²) in [5.74, 6) is 1.21. The van der Waals surface area contributed by atoms with Gasteiger partial charge in [-0.05, 0) is 75.4 Å². The predicted octanol–water partition coefficient (Wildman–Crippen LogP) is 5.65. The third-order valence-electron chi connectivity index (χ3n) is 7.16. The summed E-state index contributed by atoms with van der Waals surface area (Å²) in [4.78, 5) is 4.54. The van der Waals surface area contributed by atoms with E-state index >= 15 is 0 Å². The number of halogens is 1. The molecule has 192 valence electrons. The Bertz CT molecular complexity index is 1380. The first-order chi connectivity index (χ1) is 17.2. The first-order valence-electron chi connectivity index (χ1n) is 12.4. The molecule has 7 nitrogen and oxygen atoms in total. The molecule has 1 saturated heterocycles. The Morgan fingerprint density at radius 3 is 2.83 bits per heavy atom. The van der Waals surface area contributed by atoms with Crippen molar-refractivity contribution in [3.63, 3.8) is 0 Å². The number of nitrogens with one attached hydrogen (secondary N) is 1. The number of fused-ring (bicyclic) bond motifs is 1. The molecule has 9 heteroatoms. The number of pyridine rings is 1. The van der Waals surface area contributed by atoms with Gasteiger partial charge in [-0.1, -0.05) is 23.7 Å². The molecule has 2 aliphatic rings. The van der Waals surface area contributed by atoms with Crippen molar-refractivity contribution in [2.24, 2.45) is 5.92 Å². The van der Waals surface area contributed by atoms with Crippen LogP contribution in [0.2, 0.25) is 5.02 Å². The number of anilines is 1. The summed E-state index contributed by atoms with van der Waals surface area (Å²) in [5.41, 5.74) is 1.74. The molecule has 2 aromatic carbocycles. The van der Waals surface area contributed by atoms with Gasteiger partial charge in [-0.25, -0.2) is 8.42 Å². The molecule has 2 heterocycles. The van der Waals surface area contributed by atoms with Gasteiger partial charge in [-0.3, -0.25) is 4.98 Å². The maximum atomic E-state index is 13.9. The van der Waals surface area contributed by atoms with Crippen molar-refractivity contribution in [3.8, 4) is 5.75 Å². The molecule has 2 unspecified atom stereocenters. The van der Waals surface area contributed by atoms with Gasteiger partial charge in [0.15, 0.2) is 0 Å². The Labute approximate surface area is 217 Å². The Hall–Kier alpha value is -2.39. The molecule has 1 saturated carbocycles. The van der Waals surface area contributed by atoms with Gasteiger partial charge < -0.3 is 14.8 Å². The normalized spacial score (nSPS) is 21.9. The van der Waals surface area contributed by atoms with Gasteiger partial charge in [0.25, 0.3) is 0 Å². The number of rotatable bonds is 8. The molecule has 2 atom stereocenters. The van der Waals surface area contributed by atoms with Crippen molar-refractivity contribution < 1.29 is 17.9 Å². The van der Waals surface area contributed by atoms with Gasteiger partial charge in [-0.2, -0.15) is 4.31 Å². The average molecular weight is 530 g/mol. The topological polar surface area (TPSA) is 80.8 Å². The van der Waals surface area contributed by atoms with Gasteiger partial charge in [-0.15, -0.1) is 0 Å². The zero-order chi connectivity index (χ0) is 25.5. The second-order valence-corrected chi connectivity index (χ2v) is 12.1. The number of sulfonamides is 1. The number of aromatic nitrogens is 1. The van der Waals surface area contributed by atoms with E-state index in [0.717, 1.165) is 29.8 Å². The SMILES string of the molecule is CCOc1cccc(C(C)Nc2ccnc3c(S(=O)(=O)N4CCOC(C)(C5CC5)C4)c(Cl)ccc23)c1. The first kappa shape index (κ1) is 25.3. The minimum absolute atomic E-state index is 0.0507. The molecule has 0 spiro atoms. The molecule has 36 heavy (non-hydrogen) atoms. The highest BCUT2D eigenvalue weighted by atomic mass is 35.5. The fourth-order valence-corrected chi connectivity index (χ4v) is 7.19. The van der Waals surface area contributed by atoms with E-state index in [2.05, 4.69) is 17.2 Å². The quantitative estimate of drug-likeness (QED) is 0.406. The molecule has 0 radical (unpaired) electrons. The summed E-state index contributed by atoms with van der Waals surface area (Å²) < 4.78 is 41.0. The number of hydrogen-bond donors (Lipinski definition) is 1. The van der Waals surface area contributed by atoms with E-state index in [1.165, 1.54) is 4.31 Å². The van der Waals surface area contributed by atoms with Crippen molar-refractivity contribution in [2.75, 3.05) is 31.6 Å². The third kappa shape index (κ3) is 4.79. The first-order valence-corrected chi connectivity index (χ1v) is 14.3. The number of hydrogen-bond acceptors (Lipinski definition) is 6. The molecule has 0 bridgehead atoms. The maximum Gasteiger partial charge on any atom is 0.246 e. The lowest BCUT2D eigenvalue weighted by Gasteiger charge is -2.40. The minimum atomic E-state index is -3.89. The van der Waals surface area contributed by atoms with Gasteiger partial charge in [0.1, 0.15) is 10.6 Å². The zero-order valence-corrected chi connectivity index (χ0v) is 22.4. The molecule has 1 aromatic heterocycles. The van der Waals surface area contributed by atoms with Crippen LogP contribution in [0.4, 0.5) is 5.69 Å². The van der Waals surface area contributed by atoms with Crippen molar-refractivity contribution in [2.45, 2.75) is 50.2 Å². The Kier molecular flexibility index (Phi) is 6.89. The predicted molar refractivity (Wildman–Crippen MR) is 142 cm³/mol. The summed E-state index contributed by atoms with van der Waals surface area (Å²) in [5, 5.41) is 4.39. The van der Waals surface area contributed by atoms with Gasteiger partial charge in [0, 0.05) is 36.4 Å². The highest BCUT2D eigenvalue weighted by Crippen LogP contribution is 2.45. The van der Waals surface area contributed by atoms with Crippen LogP contribution in [-0.2, 0) is 14.8 Å². The second-order valence-electron chi connectivity index (χ2n) is 9.78. The molecule has 0 amide bonds. The Morgan fingerprint density at radius 2 is 2.08 bits per heavy atom. The van der Waals surface area contributed by atoms with E-state index in [4.69, 9.17) is 21.1 Å². The van der Waals surface area contributed by atoms with E-state index in [9.17, 15) is 8.42 Å². The number of benzene rings is 2. The van der Waals surface area contributed by atoms with Gasteiger partial charge in [0.2, 0.25) is 10.0 Å². The third-order valence-corrected chi connectivity index (χ3v) is 9.51. The minimum Gasteiger partial charge on any atom is -0.494 e. The summed E-state index contributed by atoms with van der Waals surface area (Å²) in [6, 6.07) is 13.2. The highest BCUT2D eigenvalue weighted by molar-refractivity contribution is 7.89. The standard InChI is InChI=1S/C27H32ClN3O4S/c1-4-34-21-7-5-6-19(16-21)18(2)30-24-12-13-29-25-22(24)10-11-23(28)26(25)36(32,33)31-14-15-35-27(3,17-31)20-8-9-20/h5-7,10-13,16,18,20H,4,8-9,14-15,17H2,1-3H3,(H,29,30). The van der Waals surface area contributed by atoms with E-state index in [1.54, 1.807) is 12.3 Å². The Balaban J connectivity index is 1.49. The van der Waals surface area contributed by atoms with E-state index < -0.39 is 15.6 Å². The smallest absolute Gasteiger partial charge is 0.246 e. The number of nitrogens with zero attached hydrogens (tertiary/aromatic N) is 2. The maximum absolute atomic E-state index is 13.9. The van der Waals surface area contributed by atoms with E-state index in [1.807, 2.05) is 50.2 Å². The van der Waals surface area contributed by atoms with Crippen LogP contribution in [0.25, 0.3) is 10.9 Å². The van der Waals surface area contributed by atoms with E-state index in [-0.39, 0.29) is 16.0 Å². The van der Waals surface area contributed by atoms with Crippen molar-refractivity contribution >= 4 is 38.2 Å².